The summed E-state index contributed by atoms with van der Waals surface area (Å²) in [5.41, 5.74) is 23.5. The number of fused-ring (bicyclic) bond motifs is 5. The molecule has 0 amide bonds. The van der Waals surface area contributed by atoms with Gasteiger partial charge in [-0.15, -0.1) is 0 Å². The summed E-state index contributed by atoms with van der Waals surface area (Å²) in [6.07, 6.45) is 1.77. The number of anilines is 6. The first-order valence-electron chi connectivity index (χ1n) is 21.4. The first kappa shape index (κ1) is 37.6. The lowest BCUT2D eigenvalue weighted by molar-refractivity contribution is 0.463. The van der Waals surface area contributed by atoms with E-state index >= 15 is 0 Å². The second-order valence-electron chi connectivity index (χ2n) is 17.1. The lowest BCUT2D eigenvalue weighted by Gasteiger charge is -2.45. The molecule has 0 spiro atoms. The number of nitrogens with zero attached hydrogens (tertiary/aromatic N) is 5. The molecule has 0 aliphatic carbocycles. The van der Waals surface area contributed by atoms with Crippen molar-refractivity contribution in [2.24, 2.45) is 0 Å². The Labute approximate surface area is 363 Å². The van der Waals surface area contributed by atoms with Crippen molar-refractivity contribution in [2.45, 2.75) is 48.5 Å². The van der Waals surface area contributed by atoms with Gasteiger partial charge in [0.15, 0.2) is 0 Å². The Kier molecular flexibility index (Phi) is 8.72. The van der Waals surface area contributed by atoms with Gasteiger partial charge in [0.2, 0.25) is 5.88 Å². The van der Waals surface area contributed by atoms with Crippen LogP contribution in [-0.4, -0.2) is 21.2 Å². The Morgan fingerprint density at radius 2 is 1.06 bits per heavy atom. The van der Waals surface area contributed by atoms with Gasteiger partial charge in [0, 0.05) is 40.6 Å². The quantitative estimate of drug-likeness (QED) is 0.157. The monoisotopic (exact) mass is 803 g/mol. The molecule has 4 heterocycles. The van der Waals surface area contributed by atoms with E-state index in [1.807, 2.05) is 18.2 Å². The zero-order chi connectivity index (χ0) is 42.4. The number of aryl methyl sites for hydroxylation is 7. The van der Waals surface area contributed by atoms with Gasteiger partial charge < -0.3 is 14.5 Å². The van der Waals surface area contributed by atoms with E-state index in [9.17, 15) is 0 Å². The fourth-order valence-corrected chi connectivity index (χ4v) is 10.4. The van der Waals surface area contributed by atoms with Crippen LogP contribution in [0.2, 0.25) is 0 Å². The molecule has 0 N–H and O–H groups in total. The Morgan fingerprint density at radius 1 is 0.484 bits per heavy atom. The predicted octanol–water partition coefficient (Wildman–Crippen LogP) is 12.1. The van der Waals surface area contributed by atoms with Crippen LogP contribution < -0.4 is 30.9 Å². The molecule has 6 nitrogen and oxygen atoms in total. The summed E-state index contributed by atoms with van der Waals surface area (Å²) in [5.74, 6) is 2.22. The molecule has 2 aromatic heterocycles. The van der Waals surface area contributed by atoms with Crippen molar-refractivity contribution in [3.05, 3.63) is 191 Å². The van der Waals surface area contributed by atoms with E-state index in [-0.39, 0.29) is 6.71 Å². The van der Waals surface area contributed by atoms with E-state index in [1.54, 1.807) is 6.20 Å². The van der Waals surface area contributed by atoms with Gasteiger partial charge in [0.1, 0.15) is 11.6 Å². The largest absolute Gasteiger partial charge is 0.439 e. The lowest BCUT2D eigenvalue weighted by atomic mass is 9.33. The molecule has 300 valence electrons. The van der Waals surface area contributed by atoms with Crippen LogP contribution in [0.4, 0.5) is 34.1 Å². The van der Waals surface area contributed by atoms with Crippen LogP contribution in [0.5, 0.6) is 11.6 Å². The van der Waals surface area contributed by atoms with Crippen LogP contribution in [0.25, 0.3) is 28.1 Å². The van der Waals surface area contributed by atoms with Gasteiger partial charge in [0.25, 0.3) is 6.71 Å². The van der Waals surface area contributed by atoms with Gasteiger partial charge in [-0.3, -0.25) is 4.57 Å². The first-order chi connectivity index (χ1) is 30.2. The Morgan fingerprint density at radius 3 is 1.69 bits per heavy atom. The minimum Gasteiger partial charge on any atom is -0.439 e. The van der Waals surface area contributed by atoms with Crippen LogP contribution in [0.3, 0.4) is 0 Å². The van der Waals surface area contributed by atoms with Crippen molar-refractivity contribution in [1.82, 2.24) is 14.5 Å². The molecule has 7 aromatic carbocycles. The Hall–Kier alpha value is -7.38. The average Bonchev–Trinajstić information content (AvgIpc) is 3.64. The van der Waals surface area contributed by atoms with Crippen LogP contribution in [0, 0.1) is 48.5 Å². The summed E-state index contributed by atoms with van der Waals surface area (Å²) in [4.78, 5) is 15.0. The minimum absolute atomic E-state index is 0.139. The van der Waals surface area contributed by atoms with Gasteiger partial charge >= 0.3 is 0 Å². The molecule has 0 atom stereocenters. The molecule has 7 heteroatoms. The fourth-order valence-electron chi connectivity index (χ4n) is 10.4. The maximum Gasteiger partial charge on any atom is 0.252 e. The van der Waals surface area contributed by atoms with Crippen molar-refractivity contribution in [1.29, 1.82) is 0 Å². The number of pyridine rings is 1. The number of aromatic nitrogens is 3. The second-order valence-corrected chi connectivity index (χ2v) is 17.1. The smallest absolute Gasteiger partial charge is 0.252 e. The normalized spacial score (nSPS) is 12.7. The highest BCUT2D eigenvalue weighted by atomic mass is 16.5. The van der Waals surface area contributed by atoms with Crippen LogP contribution in [0.1, 0.15) is 38.9 Å². The third kappa shape index (κ3) is 5.79. The van der Waals surface area contributed by atoms with Crippen molar-refractivity contribution < 1.29 is 4.74 Å². The molecule has 2 aliphatic heterocycles. The van der Waals surface area contributed by atoms with Gasteiger partial charge in [-0.25, -0.2) is 9.97 Å². The molecule has 0 bridgehead atoms. The molecule has 0 unspecified atom stereocenters. The van der Waals surface area contributed by atoms with Crippen molar-refractivity contribution in [2.75, 3.05) is 9.80 Å². The second kappa shape index (κ2) is 14.4. The van der Waals surface area contributed by atoms with Gasteiger partial charge in [-0.05, 0) is 159 Å². The van der Waals surface area contributed by atoms with Crippen LogP contribution >= 0.6 is 0 Å². The van der Waals surface area contributed by atoms with E-state index in [0.717, 1.165) is 39.5 Å². The zero-order valence-corrected chi connectivity index (χ0v) is 36.2. The van der Waals surface area contributed by atoms with Crippen molar-refractivity contribution in [3.8, 4) is 28.7 Å². The number of ether oxygens (including phenoxy) is 1. The summed E-state index contributed by atoms with van der Waals surface area (Å²) < 4.78 is 8.92. The molecular weight excluding hydrogens is 757 g/mol. The third-order valence-corrected chi connectivity index (χ3v) is 12.8. The summed E-state index contributed by atoms with van der Waals surface area (Å²) in [7, 11) is 0. The maximum absolute atomic E-state index is 6.54. The minimum atomic E-state index is -0.139. The van der Waals surface area contributed by atoms with E-state index in [0.29, 0.717) is 5.88 Å². The van der Waals surface area contributed by atoms with Crippen molar-refractivity contribution in [3.63, 3.8) is 0 Å². The summed E-state index contributed by atoms with van der Waals surface area (Å²) in [5, 5.41) is 0. The van der Waals surface area contributed by atoms with E-state index in [1.165, 1.54) is 83.8 Å². The molecule has 9 aromatic rings. The number of benzene rings is 7. The molecule has 0 saturated heterocycles. The Bertz CT molecular complexity index is 3200. The summed E-state index contributed by atoms with van der Waals surface area (Å²) in [6, 6.07) is 52.5. The number of para-hydroxylation sites is 4. The number of hydrogen-bond donors (Lipinski definition) is 0. The number of imidazole rings is 1. The molecule has 62 heavy (non-hydrogen) atoms. The first-order valence-corrected chi connectivity index (χ1v) is 21.4. The van der Waals surface area contributed by atoms with Crippen LogP contribution in [0.15, 0.2) is 152 Å². The Balaban J connectivity index is 1.23. The highest BCUT2D eigenvalue weighted by Crippen LogP contribution is 2.47. The van der Waals surface area contributed by atoms with Crippen LogP contribution in [-0.2, 0) is 0 Å². The fraction of sp³-hybridized carbons (Fsp3) is 0.127. The van der Waals surface area contributed by atoms with E-state index in [2.05, 4.69) is 195 Å². The lowest BCUT2D eigenvalue weighted by Crippen LogP contribution is -2.61. The highest BCUT2D eigenvalue weighted by Gasteiger charge is 2.44. The summed E-state index contributed by atoms with van der Waals surface area (Å²) >= 11 is 0. The molecule has 0 fully saturated rings. The van der Waals surface area contributed by atoms with Gasteiger partial charge in [0.05, 0.1) is 28.1 Å². The number of hydrogen-bond acceptors (Lipinski definition) is 5. The van der Waals surface area contributed by atoms with Gasteiger partial charge in [-0.2, -0.15) is 0 Å². The molecular formula is C55H46BN5O. The van der Waals surface area contributed by atoms with E-state index < -0.39 is 0 Å². The average molecular weight is 804 g/mol. The highest BCUT2D eigenvalue weighted by molar-refractivity contribution is 7.00. The molecule has 2 aliphatic rings. The summed E-state index contributed by atoms with van der Waals surface area (Å²) in [6.45, 7) is 15.4. The molecule has 0 radical (unpaired) electrons. The van der Waals surface area contributed by atoms with E-state index in [4.69, 9.17) is 9.72 Å². The topological polar surface area (TPSA) is 46.4 Å². The molecule has 0 saturated carbocycles. The zero-order valence-electron chi connectivity index (χ0n) is 36.2. The maximum atomic E-state index is 6.54. The molecule has 11 rings (SSSR count). The van der Waals surface area contributed by atoms with Gasteiger partial charge in [-0.1, -0.05) is 84.4 Å². The SMILES string of the molecule is Cc1cc(C)c(-n2c(-c3ccc4c(c3)B3c5cc(Oc6ccccn6)ccc5N(c5c(C)cccc5C)c5cccc(c53)N4c3c(C)cccc3C)nc3ccccc32)c(C)c1. The standard InChI is InChI=1S/C55H46BN5O/c1-33-29-38(6)54(39(7)30-33)61-47-20-9-8-19-44(47)58-55(61)40-24-26-45-42(31-40)56-43-32-41(62-50-23-10-11-28-57-50)25-27-46(43)60(53-36(4)17-13-18-37(53)5)49-22-14-21-48(51(49)56)59(45)52-34(2)15-12-16-35(52)3/h8-32H,1-7H3. The predicted molar refractivity (Wildman–Crippen MR) is 258 cm³/mol. The number of rotatable bonds is 6. The third-order valence-electron chi connectivity index (χ3n) is 12.8. The van der Waals surface area contributed by atoms with Crippen molar-refractivity contribution >= 4 is 68.3 Å².